The molecule has 0 radical (unpaired) electrons. The van der Waals surface area contributed by atoms with Gasteiger partial charge in [-0.2, -0.15) is 5.10 Å². The first-order chi connectivity index (χ1) is 14.0. The molecule has 8 nitrogen and oxygen atoms in total. The van der Waals surface area contributed by atoms with Crippen molar-refractivity contribution < 1.29 is 9.21 Å². The molecule has 1 aliphatic carbocycles. The molecule has 8 heteroatoms. The van der Waals surface area contributed by atoms with Crippen molar-refractivity contribution in [3.8, 4) is 5.82 Å². The minimum atomic E-state index is -0.0550. The average Bonchev–Trinajstić information content (AvgIpc) is 3.12. The zero-order valence-corrected chi connectivity index (χ0v) is 16.2. The third-order valence-corrected chi connectivity index (χ3v) is 5.25. The lowest BCUT2D eigenvalue weighted by Gasteiger charge is -2.12. The van der Waals surface area contributed by atoms with Crippen LogP contribution in [-0.4, -0.2) is 36.1 Å². The van der Waals surface area contributed by atoms with E-state index >= 15 is 0 Å². The molecule has 146 valence electrons. The minimum Gasteiger partial charge on any atom is -0.442 e. The SMILES string of the molecule is Cc1oc2ncnc(NC3(C)CC3)c2c1C(=O)Cc1cnn(-c2ccccn2)c1. The first-order valence-corrected chi connectivity index (χ1v) is 9.53. The van der Waals surface area contributed by atoms with E-state index in [1.165, 1.54) is 6.33 Å². The molecular weight excluding hydrogens is 368 g/mol. The Morgan fingerprint density at radius 1 is 1.28 bits per heavy atom. The largest absolute Gasteiger partial charge is 0.442 e. The zero-order chi connectivity index (χ0) is 20.0. The molecule has 0 saturated heterocycles. The Bertz CT molecular complexity index is 1210. The van der Waals surface area contributed by atoms with Gasteiger partial charge in [0.25, 0.3) is 0 Å². The number of fused-ring (bicyclic) bond motifs is 1. The molecule has 1 fully saturated rings. The van der Waals surface area contributed by atoms with E-state index in [1.807, 2.05) is 24.4 Å². The highest BCUT2D eigenvalue weighted by molar-refractivity contribution is 6.11. The van der Waals surface area contributed by atoms with Gasteiger partial charge in [0.15, 0.2) is 11.6 Å². The highest BCUT2D eigenvalue weighted by Crippen LogP contribution is 2.40. The van der Waals surface area contributed by atoms with Gasteiger partial charge in [0.1, 0.15) is 17.9 Å². The average molecular weight is 388 g/mol. The number of pyridine rings is 1. The number of nitrogens with zero attached hydrogens (tertiary/aromatic N) is 5. The molecule has 1 aliphatic rings. The highest BCUT2D eigenvalue weighted by atomic mass is 16.3. The smallest absolute Gasteiger partial charge is 0.232 e. The number of nitrogens with one attached hydrogen (secondary N) is 1. The van der Waals surface area contributed by atoms with Crippen LogP contribution in [0.4, 0.5) is 5.82 Å². The Morgan fingerprint density at radius 2 is 2.14 bits per heavy atom. The predicted octanol–water partition coefficient (Wildman–Crippen LogP) is 3.50. The summed E-state index contributed by atoms with van der Waals surface area (Å²) in [7, 11) is 0. The summed E-state index contributed by atoms with van der Waals surface area (Å²) in [4.78, 5) is 26.1. The highest BCUT2D eigenvalue weighted by Gasteiger charge is 2.38. The maximum absolute atomic E-state index is 13.2. The fourth-order valence-corrected chi connectivity index (χ4v) is 3.41. The lowest BCUT2D eigenvalue weighted by molar-refractivity contribution is 0.0993. The number of hydrogen-bond donors (Lipinski definition) is 1. The van der Waals surface area contributed by atoms with Crippen molar-refractivity contribution in [3.63, 3.8) is 0 Å². The van der Waals surface area contributed by atoms with Crippen LogP contribution >= 0.6 is 0 Å². The van der Waals surface area contributed by atoms with Gasteiger partial charge in [0, 0.05) is 24.4 Å². The number of Topliss-reactive ketones (excluding diaryl/α,β-unsaturated/α-hetero) is 1. The first-order valence-electron chi connectivity index (χ1n) is 9.53. The summed E-state index contributed by atoms with van der Waals surface area (Å²) in [5.74, 6) is 1.85. The van der Waals surface area contributed by atoms with E-state index < -0.39 is 0 Å². The van der Waals surface area contributed by atoms with Crippen LogP contribution < -0.4 is 5.32 Å². The Labute approximate surface area is 167 Å². The van der Waals surface area contributed by atoms with Crippen LogP contribution in [-0.2, 0) is 6.42 Å². The van der Waals surface area contributed by atoms with Crippen molar-refractivity contribution >= 4 is 22.7 Å². The Balaban J connectivity index is 1.47. The Hall–Kier alpha value is -3.55. The molecule has 0 atom stereocenters. The van der Waals surface area contributed by atoms with Crippen molar-refractivity contribution in [2.75, 3.05) is 5.32 Å². The van der Waals surface area contributed by atoms with E-state index in [4.69, 9.17) is 4.42 Å². The Morgan fingerprint density at radius 3 is 2.90 bits per heavy atom. The molecule has 4 aromatic heterocycles. The molecule has 0 spiro atoms. The van der Waals surface area contributed by atoms with Crippen molar-refractivity contribution in [1.29, 1.82) is 0 Å². The minimum absolute atomic E-state index is 0.0244. The number of carbonyl (C=O) groups is 1. The first kappa shape index (κ1) is 17.5. The Kier molecular flexibility index (Phi) is 3.94. The number of ketones is 1. The normalized spacial score (nSPS) is 14.8. The molecule has 4 aromatic rings. The van der Waals surface area contributed by atoms with Crippen molar-refractivity contribution in [2.45, 2.75) is 38.6 Å². The third-order valence-electron chi connectivity index (χ3n) is 5.25. The van der Waals surface area contributed by atoms with Gasteiger partial charge in [-0.25, -0.2) is 19.6 Å². The van der Waals surface area contributed by atoms with Crippen LogP contribution in [0.1, 0.15) is 41.4 Å². The number of anilines is 1. The topological polar surface area (TPSA) is 98.7 Å². The molecule has 29 heavy (non-hydrogen) atoms. The fraction of sp³-hybridized carbons (Fsp3) is 0.286. The number of aromatic nitrogens is 5. The number of carbonyl (C=O) groups excluding carboxylic acids is 1. The third kappa shape index (κ3) is 3.26. The summed E-state index contributed by atoms with van der Waals surface area (Å²) >= 11 is 0. The van der Waals surface area contributed by atoms with Gasteiger partial charge in [0.05, 0.1) is 17.1 Å². The van der Waals surface area contributed by atoms with Crippen LogP contribution in [0.25, 0.3) is 16.9 Å². The maximum Gasteiger partial charge on any atom is 0.232 e. The summed E-state index contributed by atoms with van der Waals surface area (Å²) in [5.41, 5.74) is 1.78. The van der Waals surface area contributed by atoms with Crippen LogP contribution in [0.15, 0.2) is 47.5 Å². The van der Waals surface area contributed by atoms with Gasteiger partial charge in [0.2, 0.25) is 5.71 Å². The second kappa shape index (κ2) is 6.51. The van der Waals surface area contributed by atoms with E-state index in [0.29, 0.717) is 34.1 Å². The maximum atomic E-state index is 13.2. The number of rotatable bonds is 6. The second-order valence-electron chi connectivity index (χ2n) is 7.70. The molecule has 4 heterocycles. The molecule has 0 aromatic carbocycles. The van der Waals surface area contributed by atoms with Crippen LogP contribution in [0.5, 0.6) is 0 Å². The number of hydrogen-bond acceptors (Lipinski definition) is 7. The lowest BCUT2D eigenvalue weighted by Crippen LogP contribution is -2.17. The summed E-state index contributed by atoms with van der Waals surface area (Å²) < 4.78 is 7.42. The predicted molar refractivity (Wildman–Crippen MR) is 107 cm³/mol. The summed E-state index contributed by atoms with van der Waals surface area (Å²) in [6.45, 7) is 3.93. The van der Waals surface area contributed by atoms with Gasteiger partial charge < -0.3 is 9.73 Å². The van der Waals surface area contributed by atoms with Crippen molar-refractivity contribution in [2.24, 2.45) is 0 Å². The van der Waals surface area contributed by atoms with Crippen LogP contribution in [0, 0.1) is 6.92 Å². The molecule has 5 rings (SSSR count). The van der Waals surface area contributed by atoms with E-state index in [1.54, 1.807) is 24.0 Å². The standard InChI is InChI=1S/C21H20N6O2/c1-13-17(18-19(26-21(2)6-7-21)23-12-24-20(18)29-13)15(28)9-14-10-25-27(11-14)16-5-3-4-8-22-16/h3-5,8,10-12H,6-7,9H2,1-2H3,(H,23,24,26). The van der Waals surface area contributed by atoms with E-state index in [0.717, 1.165) is 18.4 Å². The van der Waals surface area contributed by atoms with Crippen LogP contribution in [0.3, 0.4) is 0 Å². The van der Waals surface area contributed by atoms with Crippen molar-refractivity contribution in [3.05, 3.63) is 60.0 Å². The molecule has 1 N–H and O–H groups in total. The second-order valence-corrected chi connectivity index (χ2v) is 7.70. The summed E-state index contributed by atoms with van der Waals surface area (Å²) in [6.07, 6.45) is 9.02. The quantitative estimate of drug-likeness (QED) is 0.505. The molecule has 1 saturated carbocycles. The van der Waals surface area contributed by atoms with Gasteiger partial charge in [-0.1, -0.05) is 6.07 Å². The van der Waals surface area contributed by atoms with E-state index in [2.05, 4.69) is 32.3 Å². The molecule has 0 amide bonds. The van der Waals surface area contributed by atoms with Gasteiger partial charge >= 0.3 is 0 Å². The fourth-order valence-electron chi connectivity index (χ4n) is 3.41. The molecular formula is C21H20N6O2. The van der Waals surface area contributed by atoms with Gasteiger partial charge in [-0.15, -0.1) is 0 Å². The van der Waals surface area contributed by atoms with Crippen LogP contribution in [0.2, 0.25) is 0 Å². The monoisotopic (exact) mass is 388 g/mol. The lowest BCUT2D eigenvalue weighted by atomic mass is 10.0. The number of aryl methyl sites for hydroxylation is 1. The van der Waals surface area contributed by atoms with Gasteiger partial charge in [-0.05, 0) is 44.4 Å². The van der Waals surface area contributed by atoms with E-state index in [-0.39, 0.29) is 17.7 Å². The molecule has 0 bridgehead atoms. The summed E-state index contributed by atoms with van der Waals surface area (Å²) in [5, 5.41) is 8.42. The zero-order valence-electron chi connectivity index (χ0n) is 16.2. The van der Waals surface area contributed by atoms with Gasteiger partial charge in [-0.3, -0.25) is 4.79 Å². The van der Waals surface area contributed by atoms with E-state index in [9.17, 15) is 4.79 Å². The van der Waals surface area contributed by atoms with Crippen molar-refractivity contribution in [1.82, 2.24) is 24.7 Å². The summed E-state index contributed by atoms with van der Waals surface area (Å²) in [6, 6.07) is 5.60. The molecule has 0 unspecified atom stereocenters. The molecule has 0 aliphatic heterocycles. The number of furan rings is 1.